The van der Waals surface area contributed by atoms with Crippen molar-refractivity contribution in [1.29, 1.82) is 5.26 Å². The summed E-state index contributed by atoms with van der Waals surface area (Å²) in [6.45, 7) is 5.78. The molecule has 0 spiro atoms. The van der Waals surface area contributed by atoms with Gasteiger partial charge in [0.25, 0.3) is 5.91 Å². The van der Waals surface area contributed by atoms with Crippen molar-refractivity contribution in [2.45, 2.75) is 26.3 Å². The van der Waals surface area contributed by atoms with E-state index in [2.05, 4.69) is 4.98 Å². The van der Waals surface area contributed by atoms with Gasteiger partial charge in [0, 0.05) is 17.9 Å². The molecular weight excluding hydrogens is 202 g/mol. The van der Waals surface area contributed by atoms with Crippen LogP contribution in [0.4, 0.5) is 0 Å². The molecule has 16 heavy (non-hydrogen) atoms. The van der Waals surface area contributed by atoms with Crippen molar-refractivity contribution in [3.05, 3.63) is 30.1 Å². The topological polar surface area (TPSA) is 57.0 Å². The lowest BCUT2D eigenvalue weighted by atomic mass is 10.0. The Morgan fingerprint density at radius 1 is 1.56 bits per heavy atom. The van der Waals surface area contributed by atoms with Gasteiger partial charge in [0.05, 0.1) is 11.6 Å². The van der Waals surface area contributed by atoms with Crippen molar-refractivity contribution < 1.29 is 4.79 Å². The van der Waals surface area contributed by atoms with Crippen molar-refractivity contribution in [1.82, 2.24) is 9.88 Å². The molecule has 0 aliphatic heterocycles. The van der Waals surface area contributed by atoms with Gasteiger partial charge in [0.2, 0.25) is 0 Å². The SMILES string of the molecule is CC(C)(C)N(CC#N)C(=O)c1cccnc1. The summed E-state index contributed by atoms with van der Waals surface area (Å²) in [6, 6.07) is 5.42. The first kappa shape index (κ1) is 12.2. The molecule has 0 aromatic carbocycles. The van der Waals surface area contributed by atoms with Gasteiger partial charge in [-0.1, -0.05) is 0 Å². The molecule has 0 saturated heterocycles. The van der Waals surface area contributed by atoms with Crippen molar-refractivity contribution in [3.63, 3.8) is 0 Å². The van der Waals surface area contributed by atoms with Crippen LogP contribution >= 0.6 is 0 Å². The zero-order chi connectivity index (χ0) is 12.2. The fourth-order valence-electron chi connectivity index (χ4n) is 1.33. The van der Waals surface area contributed by atoms with Crippen LogP contribution in [-0.2, 0) is 0 Å². The van der Waals surface area contributed by atoms with E-state index in [1.54, 1.807) is 18.3 Å². The van der Waals surface area contributed by atoms with E-state index < -0.39 is 0 Å². The fourth-order valence-corrected chi connectivity index (χ4v) is 1.33. The van der Waals surface area contributed by atoms with Gasteiger partial charge in [-0.15, -0.1) is 0 Å². The highest BCUT2D eigenvalue weighted by molar-refractivity contribution is 5.94. The minimum Gasteiger partial charge on any atom is -0.320 e. The number of hydrogen-bond donors (Lipinski definition) is 0. The summed E-state index contributed by atoms with van der Waals surface area (Å²) in [7, 11) is 0. The molecule has 1 amide bonds. The largest absolute Gasteiger partial charge is 0.320 e. The predicted molar refractivity (Wildman–Crippen MR) is 60.6 cm³/mol. The van der Waals surface area contributed by atoms with E-state index in [4.69, 9.17) is 5.26 Å². The second-order valence-electron chi connectivity index (χ2n) is 4.46. The highest BCUT2D eigenvalue weighted by Gasteiger charge is 2.26. The average Bonchev–Trinajstić information content (AvgIpc) is 2.25. The Bertz CT molecular complexity index is 401. The number of hydrogen-bond acceptors (Lipinski definition) is 3. The molecule has 0 radical (unpaired) electrons. The Kier molecular flexibility index (Phi) is 3.62. The number of nitriles is 1. The third kappa shape index (κ3) is 2.80. The maximum Gasteiger partial charge on any atom is 0.256 e. The molecule has 0 atom stereocenters. The summed E-state index contributed by atoms with van der Waals surface area (Å²) < 4.78 is 0. The Balaban J connectivity index is 2.98. The van der Waals surface area contributed by atoms with E-state index >= 15 is 0 Å². The van der Waals surface area contributed by atoms with Gasteiger partial charge in [-0.2, -0.15) is 5.26 Å². The summed E-state index contributed by atoms with van der Waals surface area (Å²) in [5, 5.41) is 8.74. The number of carbonyl (C=O) groups is 1. The van der Waals surface area contributed by atoms with Gasteiger partial charge >= 0.3 is 0 Å². The number of carbonyl (C=O) groups excluding carboxylic acids is 1. The Hall–Kier alpha value is -1.89. The van der Waals surface area contributed by atoms with E-state index in [1.165, 1.54) is 11.1 Å². The molecule has 4 heteroatoms. The molecule has 0 fully saturated rings. The summed E-state index contributed by atoms with van der Waals surface area (Å²) >= 11 is 0. The van der Waals surface area contributed by atoms with Crippen LogP contribution in [0.1, 0.15) is 31.1 Å². The molecule has 0 N–H and O–H groups in total. The van der Waals surface area contributed by atoms with Crippen LogP contribution < -0.4 is 0 Å². The smallest absolute Gasteiger partial charge is 0.256 e. The first-order chi connectivity index (χ1) is 7.46. The number of aromatic nitrogens is 1. The Morgan fingerprint density at radius 3 is 2.69 bits per heavy atom. The molecular formula is C12H15N3O. The van der Waals surface area contributed by atoms with Crippen molar-refractivity contribution in [2.24, 2.45) is 0 Å². The second-order valence-corrected chi connectivity index (χ2v) is 4.46. The minimum absolute atomic E-state index is 0.0806. The Labute approximate surface area is 95.5 Å². The standard InChI is InChI=1S/C12H15N3O/c1-12(2,3)15(8-6-13)11(16)10-5-4-7-14-9-10/h4-5,7,9H,8H2,1-3H3. The quantitative estimate of drug-likeness (QED) is 0.710. The van der Waals surface area contributed by atoms with E-state index in [-0.39, 0.29) is 18.0 Å². The molecule has 1 rings (SSSR count). The summed E-state index contributed by atoms with van der Waals surface area (Å²) in [6.07, 6.45) is 3.13. The predicted octanol–water partition coefficient (Wildman–Crippen LogP) is 1.85. The normalized spacial score (nSPS) is 10.6. The zero-order valence-electron chi connectivity index (χ0n) is 9.77. The van der Waals surface area contributed by atoms with E-state index in [0.29, 0.717) is 5.56 Å². The van der Waals surface area contributed by atoms with Crippen LogP contribution in [0.2, 0.25) is 0 Å². The third-order valence-electron chi connectivity index (χ3n) is 2.19. The molecule has 0 unspecified atom stereocenters. The van der Waals surface area contributed by atoms with E-state index in [0.717, 1.165) is 0 Å². The van der Waals surface area contributed by atoms with Gasteiger partial charge in [-0.3, -0.25) is 9.78 Å². The highest BCUT2D eigenvalue weighted by atomic mass is 16.2. The van der Waals surface area contributed by atoms with Gasteiger partial charge in [0.15, 0.2) is 0 Å². The highest BCUT2D eigenvalue weighted by Crippen LogP contribution is 2.16. The molecule has 1 heterocycles. The van der Waals surface area contributed by atoms with Crippen molar-refractivity contribution >= 4 is 5.91 Å². The molecule has 84 valence electrons. The summed E-state index contributed by atoms with van der Waals surface area (Å²) in [5.74, 6) is -0.165. The molecule has 1 aromatic heterocycles. The molecule has 0 aliphatic rings. The van der Waals surface area contributed by atoms with Crippen molar-refractivity contribution in [3.8, 4) is 6.07 Å². The molecule has 0 bridgehead atoms. The maximum atomic E-state index is 12.1. The molecule has 0 saturated carbocycles. The fraction of sp³-hybridized carbons (Fsp3) is 0.417. The van der Waals surface area contributed by atoms with Crippen LogP contribution in [0, 0.1) is 11.3 Å². The minimum atomic E-state index is -0.372. The van der Waals surface area contributed by atoms with Gasteiger partial charge in [0.1, 0.15) is 6.54 Å². The lowest BCUT2D eigenvalue weighted by Gasteiger charge is -2.33. The lowest BCUT2D eigenvalue weighted by molar-refractivity contribution is 0.0620. The molecule has 0 aliphatic carbocycles. The monoisotopic (exact) mass is 217 g/mol. The van der Waals surface area contributed by atoms with Crippen molar-refractivity contribution in [2.75, 3.05) is 6.54 Å². The van der Waals surface area contributed by atoms with Gasteiger partial charge in [-0.05, 0) is 32.9 Å². The number of pyridine rings is 1. The third-order valence-corrected chi connectivity index (χ3v) is 2.19. The molecule has 1 aromatic rings. The van der Waals surface area contributed by atoms with Gasteiger partial charge in [-0.25, -0.2) is 0 Å². The zero-order valence-corrected chi connectivity index (χ0v) is 9.77. The van der Waals surface area contributed by atoms with Gasteiger partial charge < -0.3 is 4.90 Å². The summed E-state index contributed by atoms with van der Waals surface area (Å²) in [5.41, 5.74) is 0.135. The van der Waals surface area contributed by atoms with Crippen LogP contribution in [0.15, 0.2) is 24.5 Å². The van der Waals surface area contributed by atoms with Crippen LogP contribution in [0.25, 0.3) is 0 Å². The average molecular weight is 217 g/mol. The second kappa shape index (κ2) is 4.75. The molecule has 4 nitrogen and oxygen atoms in total. The van der Waals surface area contributed by atoms with Crippen LogP contribution in [0.5, 0.6) is 0 Å². The maximum absolute atomic E-state index is 12.1. The number of rotatable bonds is 2. The Morgan fingerprint density at radius 2 is 2.25 bits per heavy atom. The van der Waals surface area contributed by atoms with Crippen LogP contribution in [0.3, 0.4) is 0 Å². The number of nitrogens with zero attached hydrogens (tertiary/aromatic N) is 3. The first-order valence-corrected chi connectivity index (χ1v) is 5.06. The van der Waals surface area contributed by atoms with E-state index in [1.807, 2.05) is 26.8 Å². The number of amides is 1. The van der Waals surface area contributed by atoms with Crippen LogP contribution in [-0.4, -0.2) is 27.9 Å². The van der Waals surface area contributed by atoms with E-state index in [9.17, 15) is 4.79 Å². The summed E-state index contributed by atoms with van der Waals surface area (Å²) in [4.78, 5) is 17.5. The first-order valence-electron chi connectivity index (χ1n) is 5.06. The lowest BCUT2D eigenvalue weighted by Crippen LogP contribution is -2.45.